The first-order valence-electron chi connectivity index (χ1n) is 8.34. The van der Waals surface area contributed by atoms with Gasteiger partial charge in [0.2, 0.25) is 0 Å². The molecule has 0 unspecified atom stereocenters. The number of carbonyl (C=O) groups is 1. The lowest BCUT2D eigenvalue weighted by molar-refractivity contribution is 0.0746. The molecule has 1 aliphatic carbocycles. The standard InChI is InChI=1S/C18H19IN4O/c19-15-5-3-14(4-6-15)18(24)23-11-9-22(10-12-23)17-8-7-16(20-21-17)13-1-2-13/h3-8,13H,1-2,9-12H2. The summed E-state index contributed by atoms with van der Waals surface area (Å²) in [6.45, 7) is 3.04. The maximum Gasteiger partial charge on any atom is 0.253 e. The molecule has 2 aromatic rings. The van der Waals surface area contributed by atoms with E-state index in [4.69, 9.17) is 0 Å². The summed E-state index contributed by atoms with van der Waals surface area (Å²) in [6.07, 6.45) is 2.49. The third-order valence-electron chi connectivity index (χ3n) is 4.65. The highest BCUT2D eigenvalue weighted by molar-refractivity contribution is 14.1. The van der Waals surface area contributed by atoms with E-state index in [1.807, 2.05) is 29.2 Å². The van der Waals surface area contributed by atoms with Gasteiger partial charge in [0.1, 0.15) is 0 Å². The molecule has 24 heavy (non-hydrogen) atoms. The first-order valence-corrected chi connectivity index (χ1v) is 9.42. The van der Waals surface area contributed by atoms with Crippen molar-refractivity contribution < 1.29 is 4.79 Å². The van der Waals surface area contributed by atoms with Crippen molar-refractivity contribution in [3.63, 3.8) is 0 Å². The summed E-state index contributed by atoms with van der Waals surface area (Å²) in [5.74, 6) is 1.66. The van der Waals surface area contributed by atoms with Gasteiger partial charge in [-0.15, -0.1) is 5.10 Å². The number of piperazine rings is 1. The molecule has 5 nitrogen and oxygen atoms in total. The van der Waals surface area contributed by atoms with Crippen molar-refractivity contribution in [2.75, 3.05) is 31.1 Å². The van der Waals surface area contributed by atoms with Crippen molar-refractivity contribution in [2.45, 2.75) is 18.8 Å². The fraction of sp³-hybridized carbons (Fsp3) is 0.389. The molecule has 0 spiro atoms. The highest BCUT2D eigenvalue weighted by Gasteiger charge is 2.26. The molecule has 124 valence electrons. The molecule has 2 heterocycles. The third kappa shape index (κ3) is 3.38. The van der Waals surface area contributed by atoms with E-state index in [1.54, 1.807) is 0 Å². The van der Waals surface area contributed by atoms with Crippen molar-refractivity contribution >= 4 is 34.3 Å². The van der Waals surface area contributed by atoms with E-state index in [0.717, 1.165) is 46.8 Å². The van der Waals surface area contributed by atoms with Gasteiger partial charge in [-0.25, -0.2) is 0 Å². The zero-order chi connectivity index (χ0) is 16.5. The van der Waals surface area contributed by atoms with Crippen LogP contribution >= 0.6 is 22.6 Å². The van der Waals surface area contributed by atoms with Crippen LogP contribution in [0.3, 0.4) is 0 Å². The molecule has 1 aromatic carbocycles. The van der Waals surface area contributed by atoms with Crippen LogP contribution in [-0.4, -0.2) is 47.2 Å². The second kappa shape index (κ2) is 6.66. The number of carbonyl (C=O) groups excluding carboxylic acids is 1. The number of anilines is 1. The number of nitrogens with zero attached hydrogens (tertiary/aromatic N) is 4. The van der Waals surface area contributed by atoms with Crippen LogP contribution in [-0.2, 0) is 0 Å². The monoisotopic (exact) mass is 434 g/mol. The minimum atomic E-state index is 0.112. The first kappa shape index (κ1) is 15.8. The summed E-state index contributed by atoms with van der Waals surface area (Å²) < 4.78 is 1.14. The van der Waals surface area contributed by atoms with Gasteiger partial charge in [-0.1, -0.05) is 0 Å². The molecule has 0 bridgehead atoms. The minimum Gasteiger partial charge on any atom is -0.352 e. The zero-order valence-corrected chi connectivity index (χ0v) is 15.5. The smallest absolute Gasteiger partial charge is 0.253 e. The van der Waals surface area contributed by atoms with Crippen LogP contribution in [0.25, 0.3) is 0 Å². The first-order chi connectivity index (χ1) is 11.7. The maximum absolute atomic E-state index is 12.6. The number of amides is 1. The topological polar surface area (TPSA) is 49.3 Å². The highest BCUT2D eigenvalue weighted by atomic mass is 127. The summed E-state index contributed by atoms with van der Waals surface area (Å²) in [6, 6.07) is 11.9. The Hall–Kier alpha value is -1.70. The average molecular weight is 434 g/mol. The molecule has 1 saturated carbocycles. The summed E-state index contributed by atoms with van der Waals surface area (Å²) in [5, 5.41) is 8.73. The predicted octanol–water partition coefficient (Wildman–Crippen LogP) is 2.92. The van der Waals surface area contributed by atoms with E-state index < -0.39 is 0 Å². The number of benzene rings is 1. The van der Waals surface area contributed by atoms with Crippen LogP contribution in [0.5, 0.6) is 0 Å². The molecule has 0 N–H and O–H groups in total. The predicted molar refractivity (Wildman–Crippen MR) is 101 cm³/mol. The van der Waals surface area contributed by atoms with Crippen molar-refractivity contribution in [3.05, 3.63) is 51.2 Å². The van der Waals surface area contributed by atoms with Crippen molar-refractivity contribution in [1.29, 1.82) is 0 Å². The van der Waals surface area contributed by atoms with E-state index in [0.29, 0.717) is 5.92 Å². The molecule has 1 amide bonds. The molecule has 0 radical (unpaired) electrons. The Morgan fingerprint density at radius 1 is 0.958 bits per heavy atom. The fourth-order valence-electron chi connectivity index (χ4n) is 3.01. The number of halogens is 1. The Labute approximate surface area is 155 Å². The molecule has 4 rings (SSSR count). The number of rotatable bonds is 3. The van der Waals surface area contributed by atoms with Gasteiger partial charge >= 0.3 is 0 Å². The molecule has 1 saturated heterocycles. The van der Waals surface area contributed by atoms with Crippen LogP contribution < -0.4 is 4.90 Å². The van der Waals surface area contributed by atoms with Gasteiger partial charge in [-0.3, -0.25) is 4.79 Å². The molecule has 2 aliphatic rings. The van der Waals surface area contributed by atoms with Crippen LogP contribution in [0.2, 0.25) is 0 Å². The van der Waals surface area contributed by atoms with Gasteiger partial charge in [-0.05, 0) is 71.8 Å². The Bertz CT molecular complexity index is 720. The van der Waals surface area contributed by atoms with Crippen molar-refractivity contribution in [2.24, 2.45) is 0 Å². The Kier molecular flexibility index (Phi) is 4.39. The van der Waals surface area contributed by atoms with E-state index in [9.17, 15) is 4.79 Å². The average Bonchev–Trinajstić information content (AvgIpc) is 3.47. The lowest BCUT2D eigenvalue weighted by Crippen LogP contribution is -2.49. The van der Waals surface area contributed by atoms with Gasteiger partial charge in [0, 0.05) is 41.2 Å². The quantitative estimate of drug-likeness (QED) is 0.698. The second-order valence-electron chi connectivity index (χ2n) is 6.38. The maximum atomic E-state index is 12.6. The summed E-state index contributed by atoms with van der Waals surface area (Å²) >= 11 is 2.25. The van der Waals surface area contributed by atoms with Crippen molar-refractivity contribution in [3.8, 4) is 0 Å². The molecule has 2 fully saturated rings. The summed E-state index contributed by atoms with van der Waals surface area (Å²) in [4.78, 5) is 16.7. The van der Waals surface area contributed by atoms with Gasteiger partial charge in [-0.2, -0.15) is 5.10 Å². The zero-order valence-electron chi connectivity index (χ0n) is 13.4. The summed E-state index contributed by atoms with van der Waals surface area (Å²) in [7, 11) is 0. The van der Waals surface area contributed by atoms with Crippen LogP contribution in [0, 0.1) is 3.57 Å². The molecular formula is C18H19IN4O. The SMILES string of the molecule is O=C(c1ccc(I)cc1)N1CCN(c2ccc(C3CC3)nn2)CC1. The van der Waals surface area contributed by atoms with Gasteiger partial charge in [0.15, 0.2) is 5.82 Å². The molecule has 0 atom stereocenters. The van der Waals surface area contributed by atoms with E-state index in [-0.39, 0.29) is 5.91 Å². The lowest BCUT2D eigenvalue weighted by Gasteiger charge is -2.35. The molecular weight excluding hydrogens is 415 g/mol. The van der Waals surface area contributed by atoms with Crippen LogP contribution in [0.1, 0.15) is 34.8 Å². The largest absolute Gasteiger partial charge is 0.352 e. The molecule has 6 heteroatoms. The normalized spacial score (nSPS) is 17.9. The second-order valence-corrected chi connectivity index (χ2v) is 7.62. The number of hydrogen-bond donors (Lipinski definition) is 0. The van der Waals surface area contributed by atoms with Crippen LogP contribution in [0.4, 0.5) is 5.82 Å². The lowest BCUT2D eigenvalue weighted by atomic mass is 10.2. The minimum absolute atomic E-state index is 0.112. The number of hydrogen-bond acceptors (Lipinski definition) is 4. The van der Waals surface area contributed by atoms with Gasteiger partial charge in [0.05, 0.1) is 5.69 Å². The van der Waals surface area contributed by atoms with Gasteiger partial charge < -0.3 is 9.80 Å². The summed E-state index contributed by atoms with van der Waals surface area (Å²) in [5.41, 5.74) is 1.88. The highest BCUT2D eigenvalue weighted by Crippen LogP contribution is 2.38. The Balaban J connectivity index is 1.37. The fourth-order valence-corrected chi connectivity index (χ4v) is 3.37. The number of aromatic nitrogens is 2. The van der Waals surface area contributed by atoms with Crippen LogP contribution in [0.15, 0.2) is 36.4 Å². The Morgan fingerprint density at radius 2 is 1.67 bits per heavy atom. The van der Waals surface area contributed by atoms with Gasteiger partial charge in [0.25, 0.3) is 5.91 Å². The third-order valence-corrected chi connectivity index (χ3v) is 5.37. The van der Waals surface area contributed by atoms with Crippen molar-refractivity contribution in [1.82, 2.24) is 15.1 Å². The molecule has 1 aliphatic heterocycles. The van der Waals surface area contributed by atoms with E-state index in [2.05, 4.69) is 49.8 Å². The van der Waals surface area contributed by atoms with E-state index >= 15 is 0 Å². The van der Waals surface area contributed by atoms with E-state index in [1.165, 1.54) is 12.8 Å². The Morgan fingerprint density at radius 3 is 2.25 bits per heavy atom. The molecule has 1 aromatic heterocycles.